The van der Waals surface area contributed by atoms with E-state index in [2.05, 4.69) is 69.4 Å². The Kier molecular flexibility index (Phi) is 9.02. The summed E-state index contributed by atoms with van der Waals surface area (Å²) in [6, 6.07) is 13.3. The summed E-state index contributed by atoms with van der Waals surface area (Å²) in [6.07, 6.45) is 10.0. The molecule has 0 aliphatic carbocycles. The van der Waals surface area contributed by atoms with Crippen molar-refractivity contribution >= 4 is 22.3 Å². The van der Waals surface area contributed by atoms with Crippen molar-refractivity contribution in [2.24, 2.45) is 7.05 Å². The van der Waals surface area contributed by atoms with Crippen molar-refractivity contribution in [1.82, 2.24) is 29.5 Å². The molecule has 2 saturated heterocycles. The van der Waals surface area contributed by atoms with Gasteiger partial charge in [-0.3, -0.25) is 9.58 Å². The van der Waals surface area contributed by atoms with Crippen LogP contribution in [0.4, 0.5) is 5.82 Å². The number of piperidine rings is 1. The summed E-state index contributed by atoms with van der Waals surface area (Å²) < 4.78 is 13.9. The van der Waals surface area contributed by atoms with E-state index in [-0.39, 0.29) is 6.10 Å². The zero-order valence-electron chi connectivity index (χ0n) is 25.8. The van der Waals surface area contributed by atoms with Crippen LogP contribution in [-0.4, -0.2) is 81.1 Å². The zero-order valence-corrected chi connectivity index (χ0v) is 25.8. The fourth-order valence-corrected chi connectivity index (χ4v) is 6.01. The fraction of sp³-hybridized carbons (Fsp3) is 0.441. The van der Waals surface area contributed by atoms with Crippen molar-refractivity contribution in [3.05, 3.63) is 72.3 Å². The minimum absolute atomic E-state index is 0.199. The number of rotatable bonds is 9. The first-order valence-electron chi connectivity index (χ1n) is 15.5. The summed E-state index contributed by atoms with van der Waals surface area (Å²) in [7, 11) is 2.02. The molecule has 1 aromatic carbocycles. The fourth-order valence-electron chi connectivity index (χ4n) is 6.01. The second kappa shape index (κ2) is 13.2. The number of aryl methyl sites for hydroxylation is 1. The van der Waals surface area contributed by atoms with E-state index < -0.39 is 0 Å². The molecule has 0 unspecified atom stereocenters. The molecule has 3 aromatic heterocycles. The number of likely N-dealkylation sites (tertiary alicyclic amines) is 1. The third-order valence-corrected chi connectivity index (χ3v) is 8.66. The molecule has 1 N–H and O–H groups in total. The van der Waals surface area contributed by atoms with Crippen LogP contribution in [0.1, 0.15) is 44.9 Å². The highest BCUT2D eigenvalue weighted by Gasteiger charge is 2.23. The van der Waals surface area contributed by atoms with Gasteiger partial charge >= 0.3 is 0 Å². The molecule has 4 aromatic rings. The first-order valence-corrected chi connectivity index (χ1v) is 15.5. The number of allylic oxidation sites excluding steroid dienone is 1. The van der Waals surface area contributed by atoms with Crippen molar-refractivity contribution in [3.8, 4) is 17.0 Å². The molecular weight excluding hydrogens is 538 g/mol. The van der Waals surface area contributed by atoms with E-state index in [1.807, 2.05) is 49.4 Å². The summed E-state index contributed by atoms with van der Waals surface area (Å²) in [4.78, 5) is 14.2. The Morgan fingerprint density at radius 1 is 1.02 bits per heavy atom. The number of fused-ring (bicyclic) bond motifs is 1. The molecule has 2 aliphatic heterocycles. The monoisotopic (exact) mass is 581 g/mol. The summed E-state index contributed by atoms with van der Waals surface area (Å²) in [5.74, 6) is 1.46. The molecule has 0 saturated carbocycles. The van der Waals surface area contributed by atoms with E-state index >= 15 is 0 Å². The Bertz CT molecular complexity index is 1570. The van der Waals surface area contributed by atoms with Gasteiger partial charge in [0.15, 0.2) is 0 Å². The molecule has 0 amide bonds. The van der Waals surface area contributed by atoms with Crippen LogP contribution in [0.5, 0.6) is 5.88 Å². The zero-order chi connectivity index (χ0) is 29.8. The highest BCUT2D eigenvalue weighted by molar-refractivity contribution is 5.90. The normalized spacial score (nSPS) is 17.6. The molecule has 5 heterocycles. The summed E-state index contributed by atoms with van der Waals surface area (Å²) in [5, 5.41) is 10.4. The second-order valence-corrected chi connectivity index (χ2v) is 11.8. The number of hydrogen-bond donors (Lipinski definition) is 1. The molecular formula is C34H43N7O2. The predicted molar refractivity (Wildman–Crippen MR) is 172 cm³/mol. The standard InChI is InChI=1S/C34H43N7O2/c1-5-31(26-8-11-35-34(20-26)43-29-9-12-41(13-10-29)24(2)3)38-33-19-28-18-25(6-7-27(28)21-36-33)30-22-37-39(4)32(30)23-40-14-16-42-17-15-40/h5-8,11,18-22,24,29H,9-10,12-17,23H2,1-4H3,(H,36,38)/b31-5+. The Balaban J connectivity index is 1.18. The van der Waals surface area contributed by atoms with Crippen LogP contribution in [0, 0.1) is 0 Å². The summed E-state index contributed by atoms with van der Waals surface area (Å²) in [6.45, 7) is 13.0. The number of pyridine rings is 2. The van der Waals surface area contributed by atoms with Gasteiger partial charge in [-0.15, -0.1) is 0 Å². The Labute approximate surface area is 254 Å². The Hall–Kier alpha value is -3.79. The van der Waals surface area contributed by atoms with Crippen LogP contribution in [0.15, 0.2) is 61.1 Å². The average Bonchev–Trinajstić information content (AvgIpc) is 3.39. The molecule has 0 spiro atoms. The number of hydrogen-bond acceptors (Lipinski definition) is 8. The minimum atomic E-state index is 0.199. The number of nitrogens with zero attached hydrogens (tertiary/aromatic N) is 6. The van der Waals surface area contributed by atoms with Crippen LogP contribution in [0.3, 0.4) is 0 Å². The van der Waals surface area contributed by atoms with Crippen molar-refractivity contribution in [3.63, 3.8) is 0 Å². The van der Waals surface area contributed by atoms with Gasteiger partial charge in [-0.1, -0.05) is 18.2 Å². The van der Waals surface area contributed by atoms with Crippen molar-refractivity contribution < 1.29 is 9.47 Å². The second-order valence-electron chi connectivity index (χ2n) is 11.8. The number of benzene rings is 1. The molecule has 0 bridgehead atoms. The topological polar surface area (TPSA) is 80.6 Å². The Morgan fingerprint density at radius 2 is 1.84 bits per heavy atom. The maximum Gasteiger partial charge on any atom is 0.214 e. The summed E-state index contributed by atoms with van der Waals surface area (Å²) >= 11 is 0. The Morgan fingerprint density at radius 3 is 2.60 bits per heavy atom. The van der Waals surface area contributed by atoms with E-state index in [0.717, 1.165) is 97.8 Å². The van der Waals surface area contributed by atoms with Gasteiger partial charge in [0.25, 0.3) is 0 Å². The third kappa shape index (κ3) is 6.90. The van der Waals surface area contributed by atoms with E-state index in [1.54, 1.807) is 0 Å². The number of aromatic nitrogens is 4. The van der Waals surface area contributed by atoms with E-state index in [9.17, 15) is 0 Å². The molecule has 6 rings (SSSR count). The van der Waals surface area contributed by atoms with Gasteiger partial charge in [-0.25, -0.2) is 9.97 Å². The largest absolute Gasteiger partial charge is 0.474 e. The SMILES string of the molecule is C/C=C(/Nc1cc2cc(-c3cnn(C)c3CN3CCOCC3)ccc2cn1)c1ccnc(OC2CCN(C(C)C)CC2)c1. The predicted octanol–water partition coefficient (Wildman–Crippen LogP) is 5.59. The number of morpholine rings is 1. The van der Waals surface area contributed by atoms with Gasteiger partial charge in [0, 0.05) is 86.5 Å². The van der Waals surface area contributed by atoms with Gasteiger partial charge in [-0.2, -0.15) is 5.10 Å². The maximum atomic E-state index is 6.32. The van der Waals surface area contributed by atoms with Gasteiger partial charge in [-0.05, 0) is 62.8 Å². The molecule has 43 heavy (non-hydrogen) atoms. The molecule has 2 aliphatic rings. The molecule has 2 fully saturated rings. The first-order chi connectivity index (χ1) is 21.0. The maximum absolute atomic E-state index is 6.32. The van der Waals surface area contributed by atoms with Gasteiger partial charge < -0.3 is 19.7 Å². The molecule has 226 valence electrons. The van der Waals surface area contributed by atoms with Crippen molar-refractivity contribution in [1.29, 1.82) is 0 Å². The van der Waals surface area contributed by atoms with Crippen molar-refractivity contribution in [2.75, 3.05) is 44.7 Å². The van der Waals surface area contributed by atoms with Crippen LogP contribution in [-0.2, 0) is 18.3 Å². The van der Waals surface area contributed by atoms with Crippen LogP contribution >= 0.6 is 0 Å². The molecule has 9 heteroatoms. The number of nitrogens with one attached hydrogen (secondary N) is 1. The van der Waals surface area contributed by atoms with Crippen LogP contribution < -0.4 is 10.1 Å². The summed E-state index contributed by atoms with van der Waals surface area (Å²) in [5.41, 5.74) is 5.51. The van der Waals surface area contributed by atoms with Crippen LogP contribution in [0.25, 0.3) is 27.6 Å². The first kappa shape index (κ1) is 29.3. The highest BCUT2D eigenvalue weighted by Crippen LogP contribution is 2.30. The quantitative estimate of drug-likeness (QED) is 0.274. The molecule has 0 radical (unpaired) electrons. The lowest BCUT2D eigenvalue weighted by atomic mass is 10.0. The smallest absolute Gasteiger partial charge is 0.214 e. The van der Waals surface area contributed by atoms with E-state index in [0.29, 0.717) is 11.9 Å². The molecule has 9 nitrogen and oxygen atoms in total. The molecule has 0 atom stereocenters. The number of anilines is 1. The lowest BCUT2D eigenvalue weighted by molar-refractivity contribution is 0.0332. The van der Waals surface area contributed by atoms with Crippen molar-refractivity contribution in [2.45, 2.75) is 52.3 Å². The van der Waals surface area contributed by atoms with Gasteiger partial charge in [0.1, 0.15) is 11.9 Å². The van der Waals surface area contributed by atoms with E-state index in [1.165, 1.54) is 5.69 Å². The number of ether oxygens (including phenoxy) is 2. The lowest BCUT2D eigenvalue weighted by Gasteiger charge is -2.34. The van der Waals surface area contributed by atoms with Gasteiger partial charge in [0.2, 0.25) is 5.88 Å². The lowest BCUT2D eigenvalue weighted by Crippen LogP contribution is -2.41. The van der Waals surface area contributed by atoms with E-state index in [4.69, 9.17) is 14.5 Å². The average molecular weight is 582 g/mol. The van der Waals surface area contributed by atoms with Gasteiger partial charge in [0.05, 0.1) is 25.1 Å². The highest BCUT2D eigenvalue weighted by atomic mass is 16.5. The minimum Gasteiger partial charge on any atom is -0.474 e. The van der Waals surface area contributed by atoms with Crippen LogP contribution in [0.2, 0.25) is 0 Å². The third-order valence-electron chi connectivity index (χ3n) is 8.66.